The molecule has 1 fully saturated rings. The van der Waals surface area contributed by atoms with Gasteiger partial charge in [0, 0.05) is 17.0 Å². The van der Waals surface area contributed by atoms with Crippen LogP contribution in [0.4, 0.5) is 4.79 Å². The van der Waals surface area contributed by atoms with Gasteiger partial charge in [-0.25, -0.2) is 4.79 Å². The fourth-order valence-corrected chi connectivity index (χ4v) is 3.11. The molecule has 1 saturated carbocycles. The molecule has 2 N–H and O–H groups in total. The lowest BCUT2D eigenvalue weighted by atomic mass is 9.95. The average molecular weight is 275 g/mol. The van der Waals surface area contributed by atoms with Crippen LogP contribution in [0.5, 0.6) is 0 Å². The smallest absolute Gasteiger partial charge is 0.407 e. The first-order valence-electron chi connectivity index (χ1n) is 6.62. The number of ether oxygens (including phenoxy) is 1. The van der Waals surface area contributed by atoms with Crippen LogP contribution in [0.25, 0.3) is 0 Å². The van der Waals surface area contributed by atoms with Crippen LogP contribution in [0.2, 0.25) is 0 Å². The molecule has 1 amide bonds. The van der Waals surface area contributed by atoms with E-state index in [1.54, 1.807) is 0 Å². The zero-order valence-electron chi connectivity index (χ0n) is 11.6. The Kier molecular flexibility index (Phi) is 6.29. The number of rotatable bonds is 4. The zero-order chi connectivity index (χ0) is 13.6. The van der Waals surface area contributed by atoms with E-state index < -0.39 is 5.60 Å². The van der Waals surface area contributed by atoms with Crippen LogP contribution in [0.15, 0.2) is 0 Å². The molecule has 0 aromatic heterocycles. The molecular weight excluding hydrogens is 250 g/mol. The first kappa shape index (κ1) is 15.6. The van der Waals surface area contributed by atoms with E-state index in [-0.39, 0.29) is 18.7 Å². The van der Waals surface area contributed by atoms with Gasteiger partial charge in [-0.3, -0.25) is 0 Å². The number of alkyl carbamates (subject to hydrolysis) is 1. The Balaban J connectivity index is 2.21. The van der Waals surface area contributed by atoms with Crippen molar-refractivity contribution in [3.8, 4) is 0 Å². The largest absolute Gasteiger partial charge is 0.444 e. The molecule has 0 aromatic carbocycles. The minimum atomic E-state index is -0.432. The lowest BCUT2D eigenvalue weighted by molar-refractivity contribution is 0.0494. The third-order valence-electron chi connectivity index (χ3n) is 2.84. The van der Waals surface area contributed by atoms with Gasteiger partial charge < -0.3 is 15.2 Å². The number of carbonyl (C=O) groups excluding carboxylic acids is 1. The van der Waals surface area contributed by atoms with Crippen molar-refractivity contribution in [3.63, 3.8) is 0 Å². The number of aliphatic hydroxyl groups excluding tert-OH is 1. The molecule has 0 atom stereocenters. The third kappa shape index (κ3) is 6.50. The molecule has 0 aliphatic heterocycles. The fraction of sp³-hybridized carbons (Fsp3) is 0.923. The monoisotopic (exact) mass is 275 g/mol. The summed E-state index contributed by atoms with van der Waals surface area (Å²) in [5.41, 5.74) is -0.432. The maximum absolute atomic E-state index is 11.6. The highest BCUT2D eigenvalue weighted by molar-refractivity contribution is 7.99. The first-order chi connectivity index (χ1) is 8.40. The average Bonchev–Trinajstić information content (AvgIpc) is 2.25. The molecule has 1 aliphatic carbocycles. The van der Waals surface area contributed by atoms with Gasteiger partial charge >= 0.3 is 6.09 Å². The van der Waals surface area contributed by atoms with Gasteiger partial charge in [0.25, 0.3) is 0 Å². The van der Waals surface area contributed by atoms with Crippen molar-refractivity contribution in [2.24, 2.45) is 0 Å². The molecule has 4 nitrogen and oxygen atoms in total. The minimum Gasteiger partial charge on any atom is -0.444 e. The Labute approximate surface area is 114 Å². The van der Waals surface area contributed by atoms with Crippen molar-refractivity contribution >= 4 is 17.9 Å². The number of thioether (sulfide) groups is 1. The van der Waals surface area contributed by atoms with E-state index >= 15 is 0 Å². The van der Waals surface area contributed by atoms with Crippen LogP contribution in [0, 0.1) is 0 Å². The molecule has 1 rings (SSSR count). The Morgan fingerprint density at radius 3 is 2.44 bits per heavy atom. The maximum atomic E-state index is 11.6. The molecule has 18 heavy (non-hydrogen) atoms. The van der Waals surface area contributed by atoms with Crippen LogP contribution in [-0.2, 0) is 4.74 Å². The van der Waals surface area contributed by atoms with Gasteiger partial charge in [-0.1, -0.05) is 0 Å². The van der Waals surface area contributed by atoms with Crippen molar-refractivity contribution in [3.05, 3.63) is 0 Å². The number of nitrogens with one attached hydrogen (secondary N) is 1. The molecule has 0 saturated heterocycles. The van der Waals surface area contributed by atoms with E-state index in [4.69, 9.17) is 9.84 Å². The number of hydrogen-bond acceptors (Lipinski definition) is 4. The summed E-state index contributed by atoms with van der Waals surface area (Å²) < 4.78 is 5.24. The Bertz CT molecular complexity index is 257. The van der Waals surface area contributed by atoms with E-state index in [0.29, 0.717) is 5.25 Å². The van der Waals surface area contributed by atoms with Crippen LogP contribution >= 0.6 is 11.8 Å². The summed E-state index contributed by atoms with van der Waals surface area (Å²) in [6.45, 7) is 5.86. The molecule has 0 bridgehead atoms. The van der Waals surface area contributed by atoms with Crippen molar-refractivity contribution in [2.75, 3.05) is 12.4 Å². The van der Waals surface area contributed by atoms with Crippen molar-refractivity contribution in [1.29, 1.82) is 0 Å². The summed E-state index contributed by atoms with van der Waals surface area (Å²) in [4.78, 5) is 11.6. The van der Waals surface area contributed by atoms with Gasteiger partial charge in [-0.05, 0) is 46.5 Å². The Morgan fingerprint density at radius 1 is 1.33 bits per heavy atom. The van der Waals surface area contributed by atoms with E-state index in [9.17, 15) is 4.79 Å². The lowest BCUT2D eigenvalue weighted by Crippen LogP contribution is -2.41. The fourth-order valence-electron chi connectivity index (χ4n) is 2.07. The van der Waals surface area contributed by atoms with E-state index in [1.165, 1.54) is 0 Å². The number of hydrogen-bond donors (Lipinski definition) is 2. The maximum Gasteiger partial charge on any atom is 0.407 e. The molecule has 0 radical (unpaired) electrons. The summed E-state index contributed by atoms with van der Waals surface area (Å²) in [5.74, 6) is 0.814. The van der Waals surface area contributed by atoms with Gasteiger partial charge in [0.2, 0.25) is 0 Å². The zero-order valence-corrected chi connectivity index (χ0v) is 12.4. The molecule has 106 valence electrons. The van der Waals surface area contributed by atoms with Gasteiger partial charge in [0.05, 0.1) is 6.61 Å². The van der Waals surface area contributed by atoms with Crippen LogP contribution in [0.1, 0.15) is 46.5 Å². The molecule has 0 aromatic rings. The van der Waals surface area contributed by atoms with Gasteiger partial charge in [0.1, 0.15) is 5.60 Å². The highest BCUT2D eigenvalue weighted by Crippen LogP contribution is 2.28. The normalized spacial score (nSPS) is 24.7. The van der Waals surface area contributed by atoms with Crippen LogP contribution in [-0.4, -0.2) is 40.5 Å². The minimum absolute atomic E-state index is 0.242. The second-order valence-corrected chi connectivity index (χ2v) is 7.12. The third-order valence-corrected chi connectivity index (χ3v) is 4.20. The summed E-state index contributed by atoms with van der Waals surface area (Å²) in [6, 6.07) is 0.242. The second-order valence-electron chi connectivity index (χ2n) is 5.71. The summed E-state index contributed by atoms with van der Waals surface area (Å²) in [6.07, 6.45) is 3.90. The van der Waals surface area contributed by atoms with E-state index in [0.717, 1.165) is 31.4 Å². The van der Waals surface area contributed by atoms with Crippen LogP contribution < -0.4 is 5.32 Å². The highest BCUT2D eigenvalue weighted by atomic mass is 32.2. The Morgan fingerprint density at radius 2 is 1.94 bits per heavy atom. The number of carbonyl (C=O) groups is 1. The summed E-state index contributed by atoms with van der Waals surface area (Å²) >= 11 is 1.83. The highest BCUT2D eigenvalue weighted by Gasteiger charge is 2.24. The quantitative estimate of drug-likeness (QED) is 0.828. The SMILES string of the molecule is CC(C)(C)OC(=O)NC1CCC(SCCO)CC1. The predicted molar refractivity (Wildman–Crippen MR) is 75.0 cm³/mol. The summed E-state index contributed by atoms with van der Waals surface area (Å²) in [5, 5.41) is 12.3. The topological polar surface area (TPSA) is 58.6 Å². The molecular formula is C13H25NO3S. The van der Waals surface area contributed by atoms with Crippen molar-refractivity contribution in [2.45, 2.75) is 63.3 Å². The lowest BCUT2D eigenvalue weighted by Gasteiger charge is -2.29. The Hall–Kier alpha value is -0.420. The van der Waals surface area contributed by atoms with E-state index in [2.05, 4.69) is 5.32 Å². The molecule has 0 spiro atoms. The summed E-state index contributed by atoms with van der Waals surface area (Å²) in [7, 11) is 0. The standard InChI is InChI=1S/C13H25NO3S/c1-13(2,3)17-12(16)14-10-4-6-11(7-5-10)18-9-8-15/h10-11,15H,4-9H2,1-3H3,(H,14,16). The molecule has 0 unspecified atom stereocenters. The van der Waals surface area contributed by atoms with Gasteiger partial charge in [-0.15, -0.1) is 0 Å². The van der Waals surface area contributed by atoms with Gasteiger partial charge in [-0.2, -0.15) is 11.8 Å². The number of aliphatic hydroxyl groups is 1. The van der Waals surface area contributed by atoms with Crippen LogP contribution in [0.3, 0.4) is 0 Å². The van der Waals surface area contributed by atoms with Crippen molar-refractivity contribution < 1.29 is 14.6 Å². The van der Waals surface area contributed by atoms with Crippen molar-refractivity contribution in [1.82, 2.24) is 5.32 Å². The molecule has 5 heteroatoms. The molecule has 0 heterocycles. The van der Waals surface area contributed by atoms with E-state index in [1.807, 2.05) is 32.5 Å². The second kappa shape index (κ2) is 7.24. The predicted octanol–water partition coefficient (Wildman–Crippen LogP) is 2.55. The van der Waals surface area contributed by atoms with Gasteiger partial charge in [0.15, 0.2) is 0 Å². The molecule has 1 aliphatic rings. The number of amides is 1. The first-order valence-corrected chi connectivity index (χ1v) is 7.67.